The Balaban J connectivity index is 1.27. The Bertz CT molecular complexity index is 1800. The molecule has 1 aliphatic heterocycles. The van der Waals surface area contributed by atoms with Crippen molar-refractivity contribution in [3.63, 3.8) is 0 Å². The minimum atomic E-state index is -0.583. The molecule has 0 bridgehead atoms. The molecular weight excluding hydrogens is 713 g/mol. The Morgan fingerprint density at radius 2 is 1.54 bits per heavy atom. The number of nitrogens with one attached hydrogen (secondary N) is 2. The van der Waals surface area contributed by atoms with E-state index in [2.05, 4.69) is 29.6 Å². The minimum absolute atomic E-state index is 0.202. The van der Waals surface area contributed by atoms with Crippen LogP contribution in [0.3, 0.4) is 0 Å². The highest BCUT2D eigenvalue weighted by Gasteiger charge is 2.24. The number of benzene rings is 3. The molecule has 0 aromatic heterocycles. The van der Waals surface area contributed by atoms with Crippen molar-refractivity contribution in [3.05, 3.63) is 77.4 Å². The normalized spacial score (nSPS) is 13.2. The summed E-state index contributed by atoms with van der Waals surface area (Å²) in [7, 11) is 5.87. The number of aryl methyl sites for hydroxylation is 1. The first kappa shape index (κ1) is 43.4. The van der Waals surface area contributed by atoms with E-state index >= 15 is 0 Å². The molecule has 56 heavy (non-hydrogen) atoms. The van der Waals surface area contributed by atoms with Crippen molar-refractivity contribution in [1.29, 1.82) is 0 Å². The fourth-order valence-electron chi connectivity index (χ4n) is 6.40. The highest BCUT2D eigenvalue weighted by atomic mass is 16.6. The first-order valence-electron chi connectivity index (χ1n) is 19.5. The lowest BCUT2D eigenvalue weighted by Gasteiger charge is -2.35. The first-order chi connectivity index (χ1) is 26.6. The van der Waals surface area contributed by atoms with E-state index in [1.807, 2.05) is 30.0 Å². The third-order valence-electron chi connectivity index (χ3n) is 9.54. The van der Waals surface area contributed by atoms with Crippen LogP contribution >= 0.6 is 0 Å². The molecular formula is C43H60N6O7. The van der Waals surface area contributed by atoms with E-state index in [0.717, 1.165) is 50.8 Å². The van der Waals surface area contributed by atoms with Gasteiger partial charge >= 0.3 is 6.09 Å². The number of alkyl carbamates (subject to hydrolysis) is 1. The van der Waals surface area contributed by atoms with Gasteiger partial charge in [-0.25, -0.2) is 4.79 Å². The smallest absolute Gasteiger partial charge is 0.407 e. The van der Waals surface area contributed by atoms with Crippen molar-refractivity contribution in [2.45, 2.75) is 84.3 Å². The second kappa shape index (κ2) is 20.6. The summed E-state index contributed by atoms with van der Waals surface area (Å²) in [6, 6.07) is 17.8. The molecule has 13 heteroatoms. The number of nitrogens with zero attached hydrogens (tertiary/aromatic N) is 3. The van der Waals surface area contributed by atoms with Crippen LogP contribution in [0.5, 0.6) is 11.5 Å². The molecule has 3 aromatic carbocycles. The van der Waals surface area contributed by atoms with Gasteiger partial charge < -0.3 is 45.3 Å². The van der Waals surface area contributed by atoms with Gasteiger partial charge in [0.1, 0.15) is 17.1 Å². The Morgan fingerprint density at radius 3 is 2.23 bits per heavy atom. The number of hydrogen-bond donors (Lipinski definition) is 3. The zero-order chi connectivity index (χ0) is 40.8. The summed E-state index contributed by atoms with van der Waals surface area (Å²) in [4.78, 5) is 57.3. The topological polar surface area (TPSA) is 156 Å². The molecule has 0 atom stereocenters. The number of ether oxygens (including phenoxy) is 3. The van der Waals surface area contributed by atoms with Gasteiger partial charge in [-0.05, 0) is 128 Å². The predicted octanol–water partition coefficient (Wildman–Crippen LogP) is 6.89. The number of para-hydroxylation sites is 1. The number of anilines is 3. The average molecular weight is 773 g/mol. The van der Waals surface area contributed by atoms with Crippen molar-refractivity contribution in [1.82, 2.24) is 15.1 Å². The molecule has 1 aliphatic rings. The summed E-state index contributed by atoms with van der Waals surface area (Å²) >= 11 is 0. The second-order valence-corrected chi connectivity index (χ2v) is 15.5. The predicted molar refractivity (Wildman–Crippen MR) is 221 cm³/mol. The maximum absolute atomic E-state index is 13.7. The molecule has 0 unspecified atom stereocenters. The van der Waals surface area contributed by atoms with Gasteiger partial charge in [0.15, 0.2) is 0 Å². The SMILES string of the molecule is Cc1ccc(N(C)C(=O)c2ccc(NC(=O)c3ccccc3OCCCNC(=O)OC(C)(C)C)cc2N)c(OCCCCCC(=O)N2CCC(N(C)C)CC2)c1. The summed E-state index contributed by atoms with van der Waals surface area (Å²) < 4.78 is 17.3. The highest BCUT2D eigenvalue weighted by Crippen LogP contribution is 2.32. The van der Waals surface area contributed by atoms with Gasteiger partial charge in [0.2, 0.25) is 5.91 Å². The van der Waals surface area contributed by atoms with E-state index in [9.17, 15) is 19.2 Å². The van der Waals surface area contributed by atoms with Gasteiger partial charge in [-0.3, -0.25) is 14.4 Å². The van der Waals surface area contributed by atoms with Crippen LogP contribution in [-0.4, -0.2) is 99.2 Å². The highest BCUT2D eigenvalue weighted by molar-refractivity contribution is 6.11. The lowest BCUT2D eigenvalue weighted by atomic mass is 10.0. The van der Waals surface area contributed by atoms with Gasteiger partial charge in [0, 0.05) is 50.5 Å². The van der Waals surface area contributed by atoms with Crippen molar-refractivity contribution >= 4 is 40.9 Å². The number of carbonyl (C=O) groups excluding carboxylic acids is 4. The Kier molecular flexibility index (Phi) is 16.0. The molecule has 1 heterocycles. The van der Waals surface area contributed by atoms with E-state index < -0.39 is 17.6 Å². The summed E-state index contributed by atoms with van der Waals surface area (Å²) in [6.07, 6.45) is 5.04. The van der Waals surface area contributed by atoms with E-state index in [-0.39, 0.29) is 29.7 Å². The molecule has 304 valence electrons. The lowest BCUT2D eigenvalue weighted by Crippen LogP contribution is -2.44. The Labute approximate surface area is 331 Å². The number of amides is 4. The number of rotatable bonds is 17. The number of nitrogen functional groups attached to an aromatic ring is 1. The molecule has 1 fully saturated rings. The molecule has 4 N–H and O–H groups in total. The Morgan fingerprint density at radius 1 is 0.839 bits per heavy atom. The molecule has 0 aliphatic carbocycles. The van der Waals surface area contributed by atoms with Gasteiger partial charge in [0.05, 0.1) is 30.0 Å². The fourth-order valence-corrected chi connectivity index (χ4v) is 6.40. The van der Waals surface area contributed by atoms with E-state index in [0.29, 0.717) is 60.5 Å². The molecule has 1 saturated heterocycles. The number of piperidine rings is 1. The molecule has 3 aromatic rings. The quantitative estimate of drug-likeness (QED) is 0.0983. The summed E-state index contributed by atoms with van der Waals surface area (Å²) in [5, 5.41) is 5.53. The summed E-state index contributed by atoms with van der Waals surface area (Å²) in [5.74, 6) is 0.469. The van der Waals surface area contributed by atoms with Crippen LogP contribution in [0.2, 0.25) is 0 Å². The summed E-state index contributed by atoms with van der Waals surface area (Å²) in [6.45, 7) is 10.1. The lowest BCUT2D eigenvalue weighted by molar-refractivity contribution is -0.132. The van der Waals surface area contributed by atoms with Crippen LogP contribution in [0.25, 0.3) is 0 Å². The number of likely N-dealkylation sites (tertiary alicyclic amines) is 1. The number of nitrogens with two attached hydrogens (primary N) is 1. The zero-order valence-corrected chi connectivity index (χ0v) is 34.1. The van der Waals surface area contributed by atoms with E-state index in [4.69, 9.17) is 19.9 Å². The first-order valence-corrected chi connectivity index (χ1v) is 19.5. The average Bonchev–Trinajstić information content (AvgIpc) is 3.15. The van der Waals surface area contributed by atoms with Gasteiger partial charge in [-0.2, -0.15) is 0 Å². The molecule has 0 radical (unpaired) electrons. The van der Waals surface area contributed by atoms with Crippen LogP contribution in [0, 0.1) is 6.92 Å². The second-order valence-electron chi connectivity index (χ2n) is 15.5. The fraction of sp³-hybridized carbons (Fsp3) is 0.488. The molecule has 13 nitrogen and oxygen atoms in total. The van der Waals surface area contributed by atoms with Crippen LogP contribution < -0.4 is 30.7 Å². The number of hydrogen-bond acceptors (Lipinski definition) is 9. The monoisotopic (exact) mass is 772 g/mol. The van der Waals surface area contributed by atoms with Crippen LogP contribution in [0.15, 0.2) is 60.7 Å². The van der Waals surface area contributed by atoms with Crippen molar-refractivity contribution in [3.8, 4) is 11.5 Å². The maximum atomic E-state index is 13.7. The van der Waals surface area contributed by atoms with Crippen molar-refractivity contribution in [2.24, 2.45) is 0 Å². The molecule has 0 spiro atoms. The van der Waals surface area contributed by atoms with Crippen LogP contribution in [-0.2, 0) is 9.53 Å². The number of carbonyl (C=O) groups is 4. The largest absolute Gasteiger partial charge is 0.493 e. The molecule has 0 saturated carbocycles. The van der Waals surface area contributed by atoms with Crippen LogP contribution in [0.4, 0.5) is 21.9 Å². The molecule has 4 rings (SSSR count). The third-order valence-corrected chi connectivity index (χ3v) is 9.54. The van der Waals surface area contributed by atoms with Crippen LogP contribution in [0.1, 0.15) is 92.0 Å². The minimum Gasteiger partial charge on any atom is -0.493 e. The van der Waals surface area contributed by atoms with E-state index in [1.54, 1.807) is 70.3 Å². The molecule has 4 amide bonds. The number of unbranched alkanes of at least 4 members (excludes halogenated alkanes) is 2. The third kappa shape index (κ3) is 13.2. The van der Waals surface area contributed by atoms with Gasteiger partial charge in [-0.15, -0.1) is 0 Å². The van der Waals surface area contributed by atoms with E-state index in [1.165, 1.54) is 4.90 Å². The standard InChI is InChI=1S/C43H60N6O7/c1-30-17-20-36(38(28-30)55-26-12-8-9-16-39(50)49-24-21-32(22-25-49)47(5)6)48(7)41(52)33-19-18-31(29-35(33)44)46-40(51)34-14-10-11-15-37(34)54-27-13-23-45-42(53)56-43(2,3)4/h10-11,14-15,17-20,28-29,32H,8-9,12-13,16,21-27,44H2,1-7H3,(H,45,53)(H,46,51). The van der Waals surface area contributed by atoms with Crippen molar-refractivity contribution in [2.75, 3.05) is 69.9 Å². The van der Waals surface area contributed by atoms with Gasteiger partial charge in [0.25, 0.3) is 11.8 Å². The summed E-state index contributed by atoms with van der Waals surface area (Å²) in [5.41, 5.74) is 8.61. The van der Waals surface area contributed by atoms with Gasteiger partial charge in [-0.1, -0.05) is 18.2 Å². The van der Waals surface area contributed by atoms with Crippen molar-refractivity contribution < 1.29 is 33.4 Å². The maximum Gasteiger partial charge on any atom is 0.407 e. The zero-order valence-electron chi connectivity index (χ0n) is 34.1. The Hall–Kier alpha value is -5.30.